The minimum Gasteiger partial charge on any atom is -0.495 e. The van der Waals surface area contributed by atoms with Crippen molar-refractivity contribution in [3.63, 3.8) is 0 Å². The molecule has 2 rings (SSSR count). The number of nitrogens with zero attached hydrogens (tertiary/aromatic N) is 1. The van der Waals surface area contributed by atoms with E-state index in [4.69, 9.17) is 21.4 Å². The summed E-state index contributed by atoms with van der Waals surface area (Å²) in [6.07, 6.45) is 1.28. The molecule has 3 N–H and O–H groups in total. The van der Waals surface area contributed by atoms with Crippen LogP contribution in [0.15, 0.2) is 47.6 Å². The lowest BCUT2D eigenvalue weighted by atomic mass is 10.1. The monoisotopic (exact) mass is 375 g/mol. The van der Waals surface area contributed by atoms with E-state index in [1.54, 1.807) is 6.07 Å². The first-order valence-electron chi connectivity index (χ1n) is 7.22. The zero-order valence-corrected chi connectivity index (χ0v) is 14.3. The van der Waals surface area contributed by atoms with E-state index >= 15 is 0 Å². The summed E-state index contributed by atoms with van der Waals surface area (Å²) in [5.74, 6) is -2.51. The Kier molecular flexibility index (Phi) is 6.29. The van der Waals surface area contributed by atoms with Gasteiger partial charge in [-0.05, 0) is 35.9 Å². The summed E-state index contributed by atoms with van der Waals surface area (Å²) < 4.78 is 4.99. The number of carboxylic acid groups (broad SMARTS) is 1. The van der Waals surface area contributed by atoms with Crippen LogP contribution >= 0.6 is 11.6 Å². The van der Waals surface area contributed by atoms with Gasteiger partial charge in [0, 0.05) is 5.69 Å². The molecule has 0 saturated heterocycles. The maximum Gasteiger partial charge on any atom is 0.335 e. The quantitative estimate of drug-likeness (QED) is 0.420. The van der Waals surface area contributed by atoms with Gasteiger partial charge in [-0.1, -0.05) is 23.7 Å². The SMILES string of the molecule is COc1ccc(NC(=O)C(=O)N/N=C\c2ccc(C(=O)O)cc2)cc1Cl. The van der Waals surface area contributed by atoms with E-state index in [0.29, 0.717) is 17.0 Å². The highest BCUT2D eigenvalue weighted by Crippen LogP contribution is 2.27. The van der Waals surface area contributed by atoms with Gasteiger partial charge < -0.3 is 15.2 Å². The Bertz CT molecular complexity index is 865. The van der Waals surface area contributed by atoms with E-state index in [0.717, 1.165) is 0 Å². The van der Waals surface area contributed by atoms with Crippen molar-refractivity contribution in [2.45, 2.75) is 0 Å². The fourth-order valence-electron chi connectivity index (χ4n) is 1.86. The second kappa shape index (κ2) is 8.63. The number of carbonyl (C=O) groups is 3. The van der Waals surface area contributed by atoms with Gasteiger partial charge in [-0.2, -0.15) is 5.10 Å². The fraction of sp³-hybridized carbons (Fsp3) is 0.0588. The first kappa shape index (κ1) is 18.9. The van der Waals surface area contributed by atoms with Gasteiger partial charge in [0.25, 0.3) is 0 Å². The average molecular weight is 376 g/mol. The molecule has 0 aliphatic heterocycles. The molecule has 0 aliphatic carbocycles. The number of ether oxygens (including phenoxy) is 1. The number of anilines is 1. The van der Waals surface area contributed by atoms with Gasteiger partial charge in [0.15, 0.2) is 0 Å². The minimum absolute atomic E-state index is 0.128. The van der Waals surface area contributed by atoms with Gasteiger partial charge >= 0.3 is 17.8 Å². The first-order chi connectivity index (χ1) is 12.4. The van der Waals surface area contributed by atoms with Crippen molar-refractivity contribution in [2.75, 3.05) is 12.4 Å². The van der Waals surface area contributed by atoms with E-state index in [9.17, 15) is 14.4 Å². The summed E-state index contributed by atoms with van der Waals surface area (Å²) in [6.45, 7) is 0. The summed E-state index contributed by atoms with van der Waals surface area (Å²) in [5, 5.41) is 15.1. The summed E-state index contributed by atoms with van der Waals surface area (Å²) >= 11 is 5.94. The molecule has 2 aromatic rings. The zero-order valence-electron chi connectivity index (χ0n) is 13.5. The molecule has 0 spiro atoms. The second-order valence-electron chi connectivity index (χ2n) is 4.93. The zero-order chi connectivity index (χ0) is 19.1. The number of hydrogen-bond acceptors (Lipinski definition) is 5. The average Bonchev–Trinajstić information content (AvgIpc) is 2.62. The molecule has 0 aliphatic rings. The summed E-state index contributed by atoms with van der Waals surface area (Å²) in [7, 11) is 1.46. The van der Waals surface area contributed by atoms with Crippen molar-refractivity contribution in [3.05, 3.63) is 58.6 Å². The Hall–Kier alpha value is -3.39. The number of amides is 2. The third-order valence-corrected chi connectivity index (χ3v) is 3.45. The Morgan fingerprint density at radius 1 is 1.12 bits per heavy atom. The maximum atomic E-state index is 11.8. The van der Waals surface area contributed by atoms with Crippen molar-refractivity contribution in [1.29, 1.82) is 0 Å². The summed E-state index contributed by atoms with van der Waals surface area (Å²) in [6, 6.07) is 10.3. The normalized spacial score (nSPS) is 10.4. The second-order valence-corrected chi connectivity index (χ2v) is 5.34. The Labute approximate surface area is 153 Å². The molecule has 0 aromatic heterocycles. The van der Waals surface area contributed by atoms with Crippen LogP contribution in [0, 0.1) is 0 Å². The van der Waals surface area contributed by atoms with E-state index < -0.39 is 17.8 Å². The number of rotatable bonds is 5. The fourth-order valence-corrected chi connectivity index (χ4v) is 2.12. The molecule has 0 radical (unpaired) electrons. The van der Waals surface area contributed by atoms with Crippen LogP contribution in [-0.2, 0) is 9.59 Å². The predicted octanol–water partition coefficient (Wildman–Crippen LogP) is 2.14. The number of methoxy groups -OCH3 is 1. The molecule has 134 valence electrons. The molecule has 9 heteroatoms. The molecule has 0 unspecified atom stereocenters. The van der Waals surface area contributed by atoms with Crippen LogP contribution in [0.4, 0.5) is 5.69 Å². The number of carbonyl (C=O) groups excluding carboxylic acids is 2. The summed E-state index contributed by atoms with van der Waals surface area (Å²) in [4.78, 5) is 34.3. The number of carboxylic acids is 1. The third-order valence-electron chi connectivity index (χ3n) is 3.15. The highest BCUT2D eigenvalue weighted by Gasteiger charge is 2.13. The molecule has 8 nitrogen and oxygen atoms in total. The van der Waals surface area contributed by atoms with Crippen LogP contribution in [-0.4, -0.2) is 36.2 Å². The predicted molar refractivity (Wildman–Crippen MR) is 95.8 cm³/mol. The van der Waals surface area contributed by atoms with E-state index in [1.165, 1.54) is 49.7 Å². The van der Waals surface area contributed by atoms with Gasteiger partial charge in [-0.25, -0.2) is 10.2 Å². The minimum atomic E-state index is -1.04. The summed E-state index contributed by atoms with van der Waals surface area (Å²) in [5.41, 5.74) is 3.08. The third kappa shape index (κ3) is 5.05. The number of nitrogens with one attached hydrogen (secondary N) is 2. The molecular weight excluding hydrogens is 362 g/mol. The highest BCUT2D eigenvalue weighted by atomic mass is 35.5. The number of hydrogen-bond donors (Lipinski definition) is 3. The number of hydrazone groups is 1. The molecular formula is C17H14ClN3O5. The molecule has 2 aromatic carbocycles. The maximum absolute atomic E-state index is 11.8. The Morgan fingerprint density at radius 2 is 1.81 bits per heavy atom. The molecule has 0 atom stereocenters. The molecule has 0 saturated carbocycles. The van der Waals surface area contributed by atoms with Crippen LogP contribution in [0.2, 0.25) is 5.02 Å². The van der Waals surface area contributed by atoms with E-state index in [1.807, 2.05) is 0 Å². The molecule has 0 heterocycles. The molecule has 2 amide bonds. The van der Waals surface area contributed by atoms with Crippen molar-refractivity contribution >= 4 is 41.3 Å². The topological polar surface area (TPSA) is 117 Å². The first-order valence-corrected chi connectivity index (χ1v) is 7.60. The standard InChI is InChI=1S/C17H14ClN3O5/c1-26-14-7-6-12(8-13(14)18)20-15(22)16(23)21-19-9-10-2-4-11(5-3-10)17(24)25/h2-9H,1H3,(H,20,22)(H,21,23)(H,24,25)/b19-9-. The highest BCUT2D eigenvalue weighted by molar-refractivity contribution is 6.40. The van der Waals surface area contributed by atoms with Gasteiger partial charge in [0.05, 0.1) is 23.9 Å². The lowest BCUT2D eigenvalue weighted by Crippen LogP contribution is -2.32. The van der Waals surface area contributed by atoms with Crippen LogP contribution < -0.4 is 15.5 Å². The van der Waals surface area contributed by atoms with Crippen molar-refractivity contribution in [3.8, 4) is 5.75 Å². The number of halogens is 1. The molecule has 0 bridgehead atoms. The van der Waals surface area contributed by atoms with Crippen LogP contribution in [0.1, 0.15) is 15.9 Å². The lowest BCUT2D eigenvalue weighted by Gasteiger charge is -2.07. The Balaban J connectivity index is 1.91. The number of aromatic carboxylic acids is 1. The number of benzene rings is 2. The smallest absolute Gasteiger partial charge is 0.335 e. The van der Waals surface area contributed by atoms with E-state index in [-0.39, 0.29) is 10.6 Å². The molecule has 0 fully saturated rings. The molecule has 26 heavy (non-hydrogen) atoms. The van der Waals surface area contributed by atoms with Gasteiger partial charge in [-0.15, -0.1) is 0 Å². The van der Waals surface area contributed by atoms with Crippen molar-refractivity contribution in [2.24, 2.45) is 5.10 Å². The van der Waals surface area contributed by atoms with Crippen LogP contribution in [0.25, 0.3) is 0 Å². The van der Waals surface area contributed by atoms with Gasteiger partial charge in [-0.3, -0.25) is 9.59 Å². The van der Waals surface area contributed by atoms with Gasteiger partial charge in [0.2, 0.25) is 0 Å². The van der Waals surface area contributed by atoms with Crippen LogP contribution in [0.3, 0.4) is 0 Å². The van der Waals surface area contributed by atoms with Crippen molar-refractivity contribution < 1.29 is 24.2 Å². The van der Waals surface area contributed by atoms with Crippen LogP contribution in [0.5, 0.6) is 5.75 Å². The lowest BCUT2D eigenvalue weighted by molar-refractivity contribution is -0.136. The largest absolute Gasteiger partial charge is 0.495 e. The van der Waals surface area contributed by atoms with Crippen molar-refractivity contribution in [1.82, 2.24) is 5.43 Å². The van der Waals surface area contributed by atoms with Gasteiger partial charge in [0.1, 0.15) is 5.75 Å². The van der Waals surface area contributed by atoms with E-state index in [2.05, 4.69) is 15.8 Å². The Morgan fingerprint density at radius 3 is 2.38 bits per heavy atom.